The quantitative estimate of drug-likeness (QED) is 0.879. The van der Waals surface area contributed by atoms with Crippen LogP contribution in [0, 0.1) is 6.92 Å². The van der Waals surface area contributed by atoms with Crippen LogP contribution in [0.1, 0.15) is 25.5 Å². The largest absolute Gasteiger partial charge is 0.396 e. The summed E-state index contributed by atoms with van der Waals surface area (Å²) in [7, 11) is 0. The third-order valence-electron chi connectivity index (χ3n) is 2.55. The van der Waals surface area contributed by atoms with Gasteiger partial charge in [-0.25, -0.2) is 14.9 Å². The second-order valence-electron chi connectivity index (χ2n) is 4.22. The van der Waals surface area contributed by atoms with E-state index in [0.29, 0.717) is 15.9 Å². The van der Waals surface area contributed by atoms with Crippen molar-refractivity contribution < 1.29 is 0 Å². The van der Waals surface area contributed by atoms with E-state index in [9.17, 15) is 4.79 Å². The molecule has 0 radical (unpaired) electrons. The molecule has 0 bridgehead atoms. The Morgan fingerprint density at radius 2 is 2.22 bits per heavy atom. The summed E-state index contributed by atoms with van der Waals surface area (Å²) in [6.45, 7) is 5.77. The highest BCUT2D eigenvalue weighted by atomic mass is 32.2. The monoisotopic (exact) mass is 265 g/mol. The molecule has 0 spiro atoms. The number of H-pyrrole nitrogens is 1. The van der Waals surface area contributed by atoms with Gasteiger partial charge in [0.05, 0.1) is 5.69 Å². The Labute approximate surface area is 109 Å². The average molecular weight is 265 g/mol. The number of anilines is 1. The van der Waals surface area contributed by atoms with E-state index in [1.165, 1.54) is 11.8 Å². The number of nitrogen functional groups attached to an aromatic ring is 1. The topological polar surface area (TPSA) is 89.6 Å². The second-order valence-corrected chi connectivity index (χ2v) is 5.18. The molecule has 0 unspecified atom stereocenters. The average Bonchev–Trinajstić information content (AvgIpc) is 2.66. The fourth-order valence-corrected chi connectivity index (χ4v) is 2.57. The summed E-state index contributed by atoms with van der Waals surface area (Å²) in [5, 5.41) is 7.67. The van der Waals surface area contributed by atoms with Gasteiger partial charge in [-0.15, -0.1) is 5.10 Å². The first-order chi connectivity index (χ1) is 8.50. The van der Waals surface area contributed by atoms with Crippen LogP contribution in [-0.4, -0.2) is 19.7 Å². The minimum absolute atomic E-state index is 0.0322. The highest BCUT2D eigenvalue weighted by molar-refractivity contribution is 7.99. The maximum atomic E-state index is 11.6. The van der Waals surface area contributed by atoms with E-state index in [-0.39, 0.29) is 11.7 Å². The van der Waals surface area contributed by atoms with Gasteiger partial charge in [-0.2, -0.15) is 0 Å². The van der Waals surface area contributed by atoms with Crippen molar-refractivity contribution >= 4 is 17.4 Å². The highest BCUT2D eigenvalue weighted by Crippen LogP contribution is 2.30. The summed E-state index contributed by atoms with van der Waals surface area (Å²) in [5.74, 6) is 0. The Balaban J connectivity index is 2.41. The van der Waals surface area contributed by atoms with Gasteiger partial charge in [0.15, 0.2) is 5.16 Å². The fraction of sp³-hybridized carbons (Fsp3) is 0.364. The first-order valence-electron chi connectivity index (χ1n) is 5.56. The SMILES string of the molecule is Cc1ccnc(Sc2n[nH]c(=O)n2C(C)C)c1N. The van der Waals surface area contributed by atoms with Crippen LogP contribution in [0.5, 0.6) is 0 Å². The first kappa shape index (κ1) is 12.7. The lowest BCUT2D eigenvalue weighted by Gasteiger charge is -2.09. The third-order valence-corrected chi connectivity index (χ3v) is 3.54. The maximum absolute atomic E-state index is 11.6. The number of aryl methyl sites for hydroxylation is 1. The summed E-state index contributed by atoms with van der Waals surface area (Å²) < 4.78 is 1.58. The summed E-state index contributed by atoms with van der Waals surface area (Å²) in [6.07, 6.45) is 1.69. The molecule has 6 nitrogen and oxygen atoms in total. The molecule has 0 amide bonds. The molecule has 0 aromatic carbocycles. The zero-order valence-corrected chi connectivity index (χ0v) is 11.3. The van der Waals surface area contributed by atoms with Gasteiger partial charge in [-0.3, -0.25) is 4.57 Å². The minimum Gasteiger partial charge on any atom is -0.396 e. The Morgan fingerprint density at radius 3 is 2.89 bits per heavy atom. The molecule has 0 saturated carbocycles. The lowest BCUT2D eigenvalue weighted by atomic mass is 10.3. The van der Waals surface area contributed by atoms with Crippen LogP contribution in [0.4, 0.5) is 5.69 Å². The lowest BCUT2D eigenvalue weighted by molar-refractivity contribution is 0.534. The van der Waals surface area contributed by atoms with E-state index in [0.717, 1.165) is 5.56 Å². The summed E-state index contributed by atoms with van der Waals surface area (Å²) >= 11 is 1.29. The van der Waals surface area contributed by atoms with Gasteiger partial charge in [-0.1, -0.05) is 0 Å². The predicted octanol–water partition coefficient (Wildman–Crippen LogP) is 1.59. The number of aromatic nitrogens is 4. The van der Waals surface area contributed by atoms with Crippen LogP contribution in [0.15, 0.2) is 27.2 Å². The van der Waals surface area contributed by atoms with Crippen LogP contribution in [0.25, 0.3) is 0 Å². The van der Waals surface area contributed by atoms with Crippen LogP contribution in [0.2, 0.25) is 0 Å². The fourth-order valence-electron chi connectivity index (χ4n) is 1.53. The van der Waals surface area contributed by atoms with Crippen molar-refractivity contribution in [2.75, 3.05) is 5.73 Å². The van der Waals surface area contributed by atoms with Crippen molar-refractivity contribution in [1.29, 1.82) is 0 Å². The third kappa shape index (κ3) is 2.26. The molecule has 2 rings (SSSR count). The van der Waals surface area contributed by atoms with Gasteiger partial charge >= 0.3 is 5.69 Å². The summed E-state index contributed by atoms with van der Waals surface area (Å²) in [6, 6.07) is 1.88. The molecule has 0 aliphatic rings. The summed E-state index contributed by atoms with van der Waals surface area (Å²) in [5.41, 5.74) is 7.31. The normalized spacial score (nSPS) is 11.1. The summed E-state index contributed by atoms with van der Waals surface area (Å²) in [4.78, 5) is 15.8. The molecule has 2 aromatic heterocycles. The van der Waals surface area contributed by atoms with E-state index in [1.54, 1.807) is 10.8 Å². The molecule has 2 aromatic rings. The standard InChI is InChI=1S/C11H15N5OS/c1-6(2)16-10(17)14-15-11(16)18-9-8(12)7(3)4-5-13-9/h4-6H,12H2,1-3H3,(H,14,17). The molecule has 0 fully saturated rings. The second kappa shape index (κ2) is 4.85. The molecular formula is C11H15N5OS. The Kier molecular flexibility index (Phi) is 3.42. The van der Waals surface area contributed by atoms with Gasteiger partial charge in [0.2, 0.25) is 0 Å². The van der Waals surface area contributed by atoms with Gasteiger partial charge < -0.3 is 5.73 Å². The number of nitrogens with two attached hydrogens (primary N) is 1. The maximum Gasteiger partial charge on any atom is 0.344 e. The van der Waals surface area contributed by atoms with E-state index >= 15 is 0 Å². The first-order valence-corrected chi connectivity index (χ1v) is 6.38. The van der Waals surface area contributed by atoms with Crippen LogP contribution >= 0.6 is 11.8 Å². The molecule has 0 saturated heterocycles. The van der Waals surface area contributed by atoms with Crippen LogP contribution in [0.3, 0.4) is 0 Å². The van der Waals surface area contributed by atoms with Crippen LogP contribution < -0.4 is 11.4 Å². The molecule has 2 heterocycles. The zero-order chi connectivity index (χ0) is 13.3. The van der Waals surface area contributed by atoms with Gasteiger partial charge in [-0.05, 0) is 44.2 Å². The predicted molar refractivity (Wildman–Crippen MR) is 70.7 cm³/mol. The van der Waals surface area contributed by atoms with E-state index in [1.807, 2.05) is 26.8 Å². The molecule has 0 atom stereocenters. The number of nitrogens with zero attached hydrogens (tertiary/aromatic N) is 3. The zero-order valence-electron chi connectivity index (χ0n) is 10.5. The van der Waals surface area contributed by atoms with Crippen molar-refractivity contribution in [3.8, 4) is 0 Å². The highest BCUT2D eigenvalue weighted by Gasteiger charge is 2.15. The smallest absolute Gasteiger partial charge is 0.344 e. The molecule has 7 heteroatoms. The molecular weight excluding hydrogens is 250 g/mol. The lowest BCUT2D eigenvalue weighted by Crippen LogP contribution is -2.19. The van der Waals surface area contributed by atoms with Gasteiger partial charge in [0.1, 0.15) is 5.03 Å². The van der Waals surface area contributed by atoms with Crippen molar-refractivity contribution in [2.24, 2.45) is 0 Å². The number of pyridine rings is 1. The molecule has 0 aliphatic heterocycles. The van der Waals surface area contributed by atoms with Gasteiger partial charge in [0, 0.05) is 12.2 Å². The molecule has 96 valence electrons. The molecule has 18 heavy (non-hydrogen) atoms. The van der Waals surface area contributed by atoms with E-state index in [2.05, 4.69) is 15.2 Å². The van der Waals surface area contributed by atoms with Crippen molar-refractivity contribution in [3.63, 3.8) is 0 Å². The molecule has 0 aliphatic carbocycles. The number of aromatic amines is 1. The number of hydrogen-bond donors (Lipinski definition) is 2. The van der Waals surface area contributed by atoms with Crippen molar-refractivity contribution in [2.45, 2.75) is 37.0 Å². The van der Waals surface area contributed by atoms with E-state index in [4.69, 9.17) is 5.73 Å². The Bertz CT molecular complexity index is 616. The van der Waals surface area contributed by atoms with Crippen molar-refractivity contribution in [1.82, 2.24) is 19.7 Å². The minimum atomic E-state index is -0.223. The Hall–Kier alpha value is -1.76. The van der Waals surface area contributed by atoms with Gasteiger partial charge in [0.25, 0.3) is 0 Å². The number of hydrogen-bond acceptors (Lipinski definition) is 5. The molecule has 3 N–H and O–H groups in total. The van der Waals surface area contributed by atoms with E-state index < -0.39 is 0 Å². The number of nitrogens with one attached hydrogen (secondary N) is 1. The Morgan fingerprint density at radius 1 is 1.50 bits per heavy atom. The van der Waals surface area contributed by atoms with Crippen molar-refractivity contribution in [3.05, 3.63) is 28.3 Å². The number of rotatable bonds is 3. The van der Waals surface area contributed by atoms with Crippen LogP contribution in [-0.2, 0) is 0 Å².